The Bertz CT molecular complexity index is 834. The van der Waals surface area contributed by atoms with Gasteiger partial charge in [-0.05, 0) is 29.8 Å². The number of halogens is 1. The molecule has 0 aliphatic carbocycles. The monoisotopic (exact) mass is 312 g/mol. The maximum Gasteiger partial charge on any atom is 0.223 e. The molecule has 0 amide bonds. The summed E-state index contributed by atoms with van der Waals surface area (Å²) in [4.78, 5) is 15.3. The van der Waals surface area contributed by atoms with Gasteiger partial charge in [0.05, 0.1) is 0 Å². The average molecular weight is 313 g/mol. The maximum absolute atomic E-state index is 11.0. The van der Waals surface area contributed by atoms with Gasteiger partial charge in [0.2, 0.25) is 5.89 Å². The molecule has 0 spiro atoms. The summed E-state index contributed by atoms with van der Waals surface area (Å²) in [6.45, 7) is 0. The number of hydrogen-bond acceptors (Lipinski definition) is 4. The minimum absolute atomic E-state index is 0.255. The summed E-state index contributed by atoms with van der Waals surface area (Å²) in [5.41, 5.74) is 2.37. The normalized spacial score (nSPS) is 11.8. The number of benzene rings is 2. The molecule has 0 bridgehead atoms. The second kappa shape index (κ2) is 6.03. The molecule has 0 N–H and O–H groups in total. The van der Waals surface area contributed by atoms with Gasteiger partial charge in [-0.25, -0.2) is 4.98 Å². The quantitative estimate of drug-likeness (QED) is 0.742. The molecule has 1 heterocycles. The van der Waals surface area contributed by atoms with E-state index < -0.39 is 5.97 Å². The van der Waals surface area contributed by atoms with Crippen LogP contribution in [0.4, 0.5) is 0 Å². The van der Waals surface area contributed by atoms with Gasteiger partial charge in [-0.15, -0.1) is 0 Å². The van der Waals surface area contributed by atoms with Crippen LogP contribution in [0.5, 0.6) is 0 Å². The molecule has 22 heavy (non-hydrogen) atoms. The van der Waals surface area contributed by atoms with Crippen LogP contribution < -0.4 is 5.11 Å². The molecule has 0 atom stereocenters. The van der Waals surface area contributed by atoms with Crippen molar-refractivity contribution in [3.8, 4) is 0 Å². The number of nitrogens with zero attached hydrogens (tertiary/aromatic N) is 1. The number of aromatic nitrogens is 1. The Balaban J connectivity index is 2.10. The molecule has 0 fully saturated rings. The molecular weight excluding hydrogens is 302 g/mol. The van der Waals surface area contributed by atoms with Gasteiger partial charge in [0, 0.05) is 23.0 Å². The smallest absolute Gasteiger partial charge is 0.223 e. The van der Waals surface area contributed by atoms with Crippen molar-refractivity contribution in [3.63, 3.8) is 0 Å². The van der Waals surface area contributed by atoms with E-state index in [0.29, 0.717) is 27.3 Å². The van der Waals surface area contributed by atoms with Crippen LogP contribution in [-0.2, 0) is 4.79 Å². The zero-order valence-corrected chi connectivity index (χ0v) is 12.2. The van der Waals surface area contributed by atoms with Gasteiger partial charge in [-0.2, -0.15) is 0 Å². The van der Waals surface area contributed by atoms with E-state index in [1.165, 1.54) is 0 Å². The number of para-hydroxylation sites is 2. The van der Waals surface area contributed by atoms with Crippen LogP contribution in [0.1, 0.15) is 17.9 Å². The first kappa shape index (κ1) is 14.4. The molecule has 0 saturated carbocycles. The maximum atomic E-state index is 11.0. The minimum Gasteiger partial charge on any atom is -0.550 e. The Kier molecular flexibility index (Phi) is 3.94. The first-order valence-electron chi connectivity index (χ1n) is 6.64. The summed E-state index contributed by atoms with van der Waals surface area (Å²) in [6, 6.07) is 14.4. The largest absolute Gasteiger partial charge is 0.550 e. The van der Waals surface area contributed by atoms with Crippen molar-refractivity contribution >= 4 is 40.3 Å². The van der Waals surface area contributed by atoms with Crippen molar-refractivity contribution in [2.24, 2.45) is 0 Å². The van der Waals surface area contributed by atoms with Gasteiger partial charge in [-0.1, -0.05) is 41.9 Å². The van der Waals surface area contributed by atoms with Crippen LogP contribution in [0.2, 0.25) is 5.02 Å². The fraction of sp³-hybridized carbons (Fsp3) is 0.0588. The Labute approximate surface area is 131 Å². The first-order chi connectivity index (χ1) is 10.6. The van der Waals surface area contributed by atoms with E-state index in [1.54, 1.807) is 36.4 Å². The second-order valence-electron chi connectivity index (χ2n) is 4.73. The molecule has 2 aromatic carbocycles. The van der Waals surface area contributed by atoms with Gasteiger partial charge in [0.15, 0.2) is 5.58 Å². The summed E-state index contributed by atoms with van der Waals surface area (Å²) in [7, 11) is 0. The summed E-state index contributed by atoms with van der Waals surface area (Å²) in [6.07, 6.45) is 1.35. The molecule has 3 rings (SSSR count). The fourth-order valence-electron chi connectivity index (χ4n) is 2.13. The molecule has 110 valence electrons. The molecule has 4 nitrogen and oxygen atoms in total. The van der Waals surface area contributed by atoms with Crippen molar-refractivity contribution in [3.05, 3.63) is 65.0 Å². The topological polar surface area (TPSA) is 66.2 Å². The third-order valence-corrected chi connectivity index (χ3v) is 3.48. The van der Waals surface area contributed by atoms with E-state index in [0.717, 1.165) is 0 Å². The van der Waals surface area contributed by atoms with Gasteiger partial charge >= 0.3 is 0 Å². The number of carbonyl (C=O) groups excluding carboxylic acids is 1. The minimum atomic E-state index is -1.21. The summed E-state index contributed by atoms with van der Waals surface area (Å²) >= 11 is 6.11. The van der Waals surface area contributed by atoms with E-state index in [4.69, 9.17) is 16.0 Å². The first-order valence-corrected chi connectivity index (χ1v) is 7.02. The van der Waals surface area contributed by atoms with Gasteiger partial charge in [0.25, 0.3) is 0 Å². The molecule has 0 aliphatic rings. The molecule has 5 heteroatoms. The molecule has 0 aliphatic heterocycles. The van der Waals surface area contributed by atoms with Crippen molar-refractivity contribution in [1.29, 1.82) is 0 Å². The Morgan fingerprint density at radius 2 is 1.91 bits per heavy atom. The van der Waals surface area contributed by atoms with Crippen molar-refractivity contribution in [2.75, 3.05) is 0 Å². The Morgan fingerprint density at radius 3 is 2.64 bits per heavy atom. The van der Waals surface area contributed by atoms with Crippen LogP contribution in [0, 0.1) is 0 Å². The third kappa shape index (κ3) is 3.02. The molecule has 0 saturated heterocycles. The predicted octanol–water partition coefficient (Wildman–Crippen LogP) is 3.16. The van der Waals surface area contributed by atoms with Crippen LogP contribution in [0.25, 0.3) is 22.7 Å². The van der Waals surface area contributed by atoms with Crippen molar-refractivity contribution in [2.45, 2.75) is 6.42 Å². The van der Waals surface area contributed by atoms with E-state index in [9.17, 15) is 9.90 Å². The van der Waals surface area contributed by atoms with Gasteiger partial charge in [-0.3, -0.25) is 0 Å². The number of rotatable bonds is 4. The molecule has 3 aromatic rings. The highest BCUT2D eigenvalue weighted by Gasteiger charge is 2.12. The highest BCUT2D eigenvalue weighted by Crippen LogP contribution is 2.27. The number of hydrogen-bond donors (Lipinski definition) is 0. The van der Waals surface area contributed by atoms with E-state index >= 15 is 0 Å². The lowest BCUT2D eigenvalue weighted by Gasteiger charge is -2.05. The fourth-order valence-corrected chi connectivity index (χ4v) is 2.32. The lowest BCUT2D eigenvalue weighted by Crippen LogP contribution is -2.22. The molecule has 0 radical (unpaired) electrons. The second-order valence-corrected chi connectivity index (χ2v) is 5.13. The molecule has 0 unspecified atom stereocenters. The van der Waals surface area contributed by atoms with Gasteiger partial charge in [0.1, 0.15) is 5.52 Å². The third-order valence-electron chi connectivity index (χ3n) is 3.14. The van der Waals surface area contributed by atoms with Gasteiger partial charge < -0.3 is 14.3 Å². The Morgan fingerprint density at radius 1 is 1.18 bits per heavy atom. The lowest BCUT2D eigenvalue weighted by molar-refractivity contribution is -0.304. The number of carbonyl (C=O) groups is 1. The standard InChI is InChI=1S/C17H12ClNO3/c18-13-6-2-1-5-11(13)9-12(10-16(20)21)17-19-14-7-3-4-8-15(14)22-17/h1-9H,10H2,(H,20,21)/p-1/b12-9+. The van der Waals surface area contributed by atoms with Crippen molar-refractivity contribution in [1.82, 2.24) is 4.98 Å². The number of fused-ring (bicyclic) bond motifs is 1. The zero-order chi connectivity index (χ0) is 15.5. The highest BCUT2D eigenvalue weighted by molar-refractivity contribution is 6.32. The number of carboxylic acid groups (broad SMARTS) is 1. The molecular formula is C17H11ClNO3-. The van der Waals surface area contributed by atoms with Crippen LogP contribution in [0.3, 0.4) is 0 Å². The lowest BCUT2D eigenvalue weighted by atomic mass is 10.1. The zero-order valence-electron chi connectivity index (χ0n) is 11.5. The number of oxazole rings is 1. The van der Waals surface area contributed by atoms with Crippen LogP contribution >= 0.6 is 11.6 Å². The summed E-state index contributed by atoms with van der Waals surface area (Å²) in [5.74, 6) is -0.953. The van der Waals surface area contributed by atoms with E-state index in [1.807, 2.05) is 18.2 Å². The van der Waals surface area contributed by atoms with Crippen LogP contribution in [-0.4, -0.2) is 11.0 Å². The van der Waals surface area contributed by atoms with Crippen molar-refractivity contribution < 1.29 is 14.3 Å². The predicted molar refractivity (Wildman–Crippen MR) is 83.0 cm³/mol. The number of aliphatic carboxylic acids is 1. The van der Waals surface area contributed by atoms with Crippen LogP contribution in [0.15, 0.2) is 52.9 Å². The summed E-state index contributed by atoms with van der Waals surface area (Å²) < 4.78 is 5.63. The van der Waals surface area contributed by atoms with E-state index in [2.05, 4.69) is 4.98 Å². The Hall–Kier alpha value is -2.59. The summed E-state index contributed by atoms with van der Waals surface area (Å²) in [5, 5.41) is 11.5. The average Bonchev–Trinajstić information content (AvgIpc) is 2.92. The molecule has 1 aromatic heterocycles. The number of carboxylic acids is 1. The van der Waals surface area contributed by atoms with E-state index in [-0.39, 0.29) is 12.3 Å². The SMILES string of the molecule is O=C([O-])C/C(=C\c1ccccc1Cl)c1nc2ccccc2o1. The highest BCUT2D eigenvalue weighted by atomic mass is 35.5.